The fourth-order valence-electron chi connectivity index (χ4n) is 1.48. The van der Waals surface area contributed by atoms with Gasteiger partial charge in [-0.05, 0) is 46.1 Å². The molecule has 2 rings (SSSR count). The normalized spacial score (nSPS) is 10.3. The second-order valence-electron chi connectivity index (χ2n) is 3.67. The van der Waals surface area contributed by atoms with Crippen molar-refractivity contribution in [1.29, 1.82) is 0 Å². The zero-order chi connectivity index (χ0) is 12.3. The molecule has 0 saturated heterocycles. The van der Waals surface area contributed by atoms with E-state index in [9.17, 15) is 0 Å². The van der Waals surface area contributed by atoms with Gasteiger partial charge in [0.25, 0.3) is 0 Å². The minimum absolute atomic E-state index is 0.513. The van der Waals surface area contributed by atoms with Crippen molar-refractivity contribution in [2.45, 2.75) is 12.8 Å². The molecule has 0 aliphatic heterocycles. The second kappa shape index (κ2) is 5.52. The van der Waals surface area contributed by atoms with Crippen molar-refractivity contribution >= 4 is 27.5 Å². The van der Waals surface area contributed by atoms with Crippen molar-refractivity contribution in [3.8, 4) is 11.5 Å². The maximum absolute atomic E-state index is 5.78. The number of ether oxygens (including phenoxy) is 1. The first kappa shape index (κ1) is 12.4. The van der Waals surface area contributed by atoms with Gasteiger partial charge in [0.1, 0.15) is 11.5 Å². The zero-order valence-corrected chi connectivity index (χ0v) is 11.6. The molecular formula is C13H11BrClNO. The van der Waals surface area contributed by atoms with Crippen LogP contribution in [-0.2, 0) is 5.88 Å². The van der Waals surface area contributed by atoms with Crippen LogP contribution in [-0.4, -0.2) is 4.98 Å². The van der Waals surface area contributed by atoms with Gasteiger partial charge in [-0.1, -0.05) is 12.1 Å². The highest BCUT2D eigenvalue weighted by atomic mass is 79.9. The number of nitrogens with zero attached hydrogens (tertiary/aromatic N) is 1. The van der Waals surface area contributed by atoms with Crippen molar-refractivity contribution < 1.29 is 4.74 Å². The standard InChI is InChI=1S/C13H11BrClNO/c1-9-4-10(6-15)2-3-13(9)17-12-5-11(14)7-16-8-12/h2-5,7-8H,6H2,1H3. The highest BCUT2D eigenvalue weighted by Gasteiger charge is 2.03. The van der Waals surface area contributed by atoms with E-state index in [1.165, 1.54) is 0 Å². The largest absolute Gasteiger partial charge is 0.455 e. The van der Waals surface area contributed by atoms with Crippen LogP contribution < -0.4 is 4.74 Å². The summed E-state index contributed by atoms with van der Waals surface area (Å²) < 4.78 is 6.65. The summed E-state index contributed by atoms with van der Waals surface area (Å²) in [7, 11) is 0. The Labute approximate surface area is 114 Å². The molecule has 0 bridgehead atoms. The summed E-state index contributed by atoms with van der Waals surface area (Å²) >= 11 is 9.13. The SMILES string of the molecule is Cc1cc(CCl)ccc1Oc1cncc(Br)c1. The van der Waals surface area contributed by atoms with E-state index < -0.39 is 0 Å². The number of alkyl halides is 1. The van der Waals surface area contributed by atoms with Gasteiger partial charge in [-0.3, -0.25) is 4.98 Å². The van der Waals surface area contributed by atoms with Crippen LogP contribution in [0.2, 0.25) is 0 Å². The summed E-state index contributed by atoms with van der Waals surface area (Å²) in [5, 5.41) is 0. The number of benzene rings is 1. The van der Waals surface area contributed by atoms with E-state index in [0.29, 0.717) is 11.6 Å². The number of aromatic nitrogens is 1. The van der Waals surface area contributed by atoms with Crippen molar-refractivity contribution in [3.63, 3.8) is 0 Å². The number of hydrogen-bond acceptors (Lipinski definition) is 2. The number of hydrogen-bond donors (Lipinski definition) is 0. The number of rotatable bonds is 3. The van der Waals surface area contributed by atoms with E-state index in [-0.39, 0.29) is 0 Å². The summed E-state index contributed by atoms with van der Waals surface area (Å²) in [6, 6.07) is 7.78. The Morgan fingerprint density at radius 2 is 2.12 bits per heavy atom. The summed E-state index contributed by atoms with van der Waals surface area (Å²) in [4.78, 5) is 4.05. The summed E-state index contributed by atoms with van der Waals surface area (Å²) in [5.74, 6) is 2.04. The Balaban J connectivity index is 2.24. The topological polar surface area (TPSA) is 22.1 Å². The van der Waals surface area contributed by atoms with E-state index in [1.807, 2.05) is 31.2 Å². The molecule has 0 amide bonds. The zero-order valence-electron chi connectivity index (χ0n) is 9.28. The van der Waals surface area contributed by atoms with Crippen LogP contribution in [0, 0.1) is 6.92 Å². The van der Waals surface area contributed by atoms with Gasteiger partial charge in [0.2, 0.25) is 0 Å². The quantitative estimate of drug-likeness (QED) is 0.767. The lowest BCUT2D eigenvalue weighted by Gasteiger charge is -2.09. The van der Waals surface area contributed by atoms with Crippen LogP contribution >= 0.6 is 27.5 Å². The van der Waals surface area contributed by atoms with E-state index in [0.717, 1.165) is 21.3 Å². The van der Waals surface area contributed by atoms with Gasteiger partial charge in [0.15, 0.2) is 0 Å². The highest BCUT2D eigenvalue weighted by molar-refractivity contribution is 9.10. The van der Waals surface area contributed by atoms with Crippen LogP contribution in [0.3, 0.4) is 0 Å². The number of pyridine rings is 1. The Morgan fingerprint density at radius 3 is 2.76 bits per heavy atom. The Bertz CT molecular complexity index is 531. The molecule has 2 nitrogen and oxygen atoms in total. The predicted molar refractivity (Wildman–Crippen MR) is 72.7 cm³/mol. The number of halogens is 2. The summed E-state index contributed by atoms with van der Waals surface area (Å²) in [5.41, 5.74) is 2.15. The Morgan fingerprint density at radius 1 is 1.29 bits per heavy atom. The minimum atomic E-state index is 0.513. The molecule has 0 spiro atoms. The van der Waals surface area contributed by atoms with Gasteiger partial charge in [-0.15, -0.1) is 11.6 Å². The van der Waals surface area contributed by atoms with Crippen molar-refractivity contribution in [3.05, 3.63) is 52.3 Å². The molecule has 0 N–H and O–H groups in total. The molecule has 0 unspecified atom stereocenters. The average molecular weight is 313 g/mol. The molecule has 1 aromatic heterocycles. The third-order valence-electron chi connectivity index (χ3n) is 2.30. The molecular weight excluding hydrogens is 302 g/mol. The lowest BCUT2D eigenvalue weighted by atomic mass is 10.1. The lowest BCUT2D eigenvalue weighted by Crippen LogP contribution is -1.90. The highest BCUT2D eigenvalue weighted by Crippen LogP contribution is 2.27. The van der Waals surface area contributed by atoms with E-state index >= 15 is 0 Å². The first-order valence-corrected chi connectivity index (χ1v) is 6.45. The van der Waals surface area contributed by atoms with Crippen molar-refractivity contribution in [2.75, 3.05) is 0 Å². The molecule has 0 aliphatic rings. The van der Waals surface area contributed by atoms with Crippen LogP contribution in [0.4, 0.5) is 0 Å². The van der Waals surface area contributed by atoms with Crippen molar-refractivity contribution in [1.82, 2.24) is 4.98 Å². The maximum atomic E-state index is 5.78. The van der Waals surface area contributed by atoms with E-state index in [2.05, 4.69) is 20.9 Å². The molecule has 4 heteroatoms. The fraction of sp³-hybridized carbons (Fsp3) is 0.154. The summed E-state index contributed by atoms with van der Waals surface area (Å²) in [6.45, 7) is 2.00. The monoisotopic (exact) mass is 311 g/mol. The first-order chi connectivity index (χ1) is 8.19. The third kappa shape index (κ3) is 3.20. The predicted octanol–water partition coefficient (Wildman–Crippen LogP) is 4.68. The number of aryl methyl sites for hydroxylation is 1. The van der Waals surface area contributed by atoms with Gasteiger partial charge < -0.3 is 4.74 Å². The molecule has 0 fully saturated rings. The molecule has 17 heavy (non-hydrogen) atoms. The van der Waals surface area contributed by atoms with Gasteiger partial charge in [0.05, 0.1) is 6.20 Å². The van der Waals surface area contributed by atoms with Crippen LogP contribution in [0.1, 0.15) is 11.1 Å². The second-order valence-corrected chi connectivity index (χ2v) is 4.86. The minimum Gasteiger partial charge on any atom is -0.455 e. The van der Waals surface area contributed by atoms with Crippen molar-refractivity contribution in [2.24, 2.45) is 0 Å². The molecule has 0 radical (unpaired) electrons. The average Bonchev–Trinajstić information content (AvgIpc) is 2.32. The first-order valence-electron chi connectivity index (χ1n) is 5.13. The molecule has 1 aromatic carbocycles. The van der Waals surface area contributed by atoms with Gasteiger partial charge >= 0.3 is 0 Å². The molecule has 0 atom stereocenters. The van der Waals surface area contributed by atoms with E-state index in [4.69, 9.17) is 16.3 Å². The molecule has 2 aromatic rings. The Hall–Kier alpha value is -1.06. The molecule has 0 saturated carbocycles. The van der Waals surface area contributed by atoms with E-state index in [1.54, 1.807) is 12.4 Å². The Kier molecular flexibility index (Phi) is 4.02. The van der Waals surface area contributed by atoms with Crippen LogP contribution in [0.5, 0.6) is 11.5 Å². The lowest BCUT2D eigenvalue weighted by molar-refractivity contribution is 0.476. The van der Waals surface area contributed by atoms with Crippen LogP contribution in [0.25, 0.3) is 0 Å². The fourth-order valence-corrected chi connectivity index (χ4v) is 1.99. The molecule has 1 heterocycles. The molecule has 0 aliphatic carbocycles. The van der Waals surface area contributed by atoms with Crippen LogP contribution in [0.15, 0.2) is 41.1 Å². The summed E-state index contributed by atoms with van der Waals surface area (Å²) in [6.07, 6.45) is 3.40. The van der Waals surface area contributed by atoms with Gasteiger partial charge in [-0.25, -0.2) is 0 Å². The maximum Gasteiger partial charge on any atom is 0.146 e. The third-order valence-corrected chi connectivity index (χ3v) is 3.04. The smallest absolute Gasteiger partial charge is 0.146 e. The van der Waals surface area contributed by atoms with Gasteiger partial charge in [0, 0.05) is 16.5 Å². The molecule has 88 valence electrons. The van der Waals surface area contributed by atoms with Gasteiger partial charge in [-0.2, -0.15) is 0 Å².